The second-order valence-corrected chi connectivity index (χ2v) is 6.50. The highest BCUT2D eigenvalue weighted by molar-refractivity contribution is 9.10. The van der Waals surface area contributed by atoms with Crippen LogP contribution < -0.4 is 15.2 Å². The molecular weight excluding hydrogens is 308 g/mol. The number of rotatable bonds is 5. The highest BCUT2D eigenvalue weighted by Gasteiger charge is 2.19. The van der Waals surface area contributed by atoms with E-state index in [0.717, 1.165) is 0 Å². The molecule has 5 nitrogen and oxygen atoms in total. The van der Waals surface area contributed by atoms with Crippen LogP contribution in [0.2, 0.25) is 0 Å². The Bertz CT molecular complexity index is 490. The molecule has 96 valence electrons. The van der Waals surface area contributed by atoms with Gasteiger partial charge in [0, 0.05) is 12.2 Å². The van der Waals surface area contributed by atoms with Gasteiger partial charge in [0.05, 0.1) is 16.8 Å². The predicted octanol–water partition coefficient (Wildman–Crippen LogP) is 1.55. The molecule has 0 spiro atoms. The van der Waals surface area contributed by atoms with Crippen molar-refractivity contribution in [3.05, 3.63) is 22.7 Å². The summed E-state index contributed by atoms with van der Waals surface area (Å²) in [7, 11) is -1.89. The topological polar surface area (TPSA) is 81.4 Å². The summed E-state index contributed by atoms with van der Waals surface area (Å²) < 4.78 is 31.7. The van der Waals surface area contributed by atoms with Gasteiger partial charge < -0.3 is 10.5 Å². The van der Waals surface area contributed by atoms with Crippen molar-refractivity contribution in [3.8, 4) is 5.75 Å². The predicted molar refractivity (Wildman–Crippen MR) is 71.8 cm³/mol. The molecule has 1 rings (SSSR count). The van der Waals surface area contributed by atoms with E-state index in [1.807, 2.05) is 0 Å². The average Bonchev–Trinajstić information content (AvgIpc) is 2.27. The van der Waals surface area contributed by atoms with Gasteiger partial charge in [-0.1, -0.05) is 0 Å². The fourth-order valence-electron chi connectivity index (χ4n) is 1.12. The molecule has 0 bridgehead atoms. The number of sulfonamides is 1. The van der Waals surface area contributed by atoms with Crippen molar-refractivity contribution < 1.29 is 13.2 Å². The Balaban J connectivity index is 2.93. The summed E-state index contributed by atoms with van der Waals surface area (Å²) in [6.45, 7) is 1.63. The molecule has 0 aromatic heterocycles. The highest BCUT2D eigenvalue weighted by atomic mass is 79.9. The largest absolute Gasteiger partial charge is 0.496 e. The molecule has 1 unspecified atom stereocenters. The van der Waals surface area contributed by atoms with Gasteiger partial charge in [-0.05, 0) is 41.1 Å². The summed E-state index contributed by atoms with van der Waals surface area (Å²) in [5, 5.41) is -0.636. The zero-order valence-corrected chi connectivity index (χ0v) is 12.0. The van der Waals surface area contributed by atoms with Gasteiger partial charge in [0.2, 0.25) is 10.0 Å². The lowest BCUT2D eigenvalue weighted by atomic mass is 10.3. The molecule has 0 amide bonds. The lowest BCUT2D eigenvalue weighted by Gasteiger charge is -2.13. The number of nitrogens with one attached hydrogen (secondary N) is 1. The molecule has 0 radical (unpaired) electrons. The minimum absolute atomic E-state index is 0.0760. The lowest BCUT2D eigenvalue weighted by molar-refractivity contribution is 0.412. The van der Waals surface area contributed by atoms with Gasteiger partial charge >= 0.3 is 0 Å². The fourth-order valence-corrected chi connectivity index (χ4v) is 2.57. The van der Waals surface area contributed by atoms with E-state index in [9.17, 15) is 8.42 Å². The molecule has 1 aromatic carbocycles. The van der Waals surface area contributed by atoms with Crippen LogP contribution in [-0.4, -0.2) is 27.3 Å². The van der Waals surface area contributed by atoms with Gasteiger partial charge in [0.15, 0.2) is 0 Å². The third-order valence-corrected chi connectivity index (χ3v) is 4.67. The maximum Gasteiger partial charge on any atom is 0.236 e. The zero-order valence-electron chi connectivity index (χ0n) is 9.60. The number of hydrogen-bond donors (Lipinski definition) is 2. The van der Waals surface area contributed by atoms with Crippen molar-refractivity contribution in [2.75, 3.05) is 18.4 Å². The minimum atomic E-state index is -3.44. The van der Waals surface area contributed by atoms with Crippen LogP contribution in [0.5, 0.6) is 5.75 Å². The summed E-state index contributed by atoms with van der Waals surface area (Å²) in [5.41, 5.74) is 5.81. The van der Waals surface area contributed by atoms with E-state index in [0.29, 0.717) is 15.9 Å². The molecule has 1 aromatic rings. The number of methoxy groups -OCH3 is 1. The first-order valence-corrected chi connectivity index (χ1v) is 7.30. The first-order chi connectivity index (χ1) is 7.90. The van der Waals surface area contributed by atoms with Crippen LogP contribution in [0.15, 0.2) is 22.7 Å². The number of halogens is 1. The van der Waals surface area contributed by atoms with Gasteiger partial charge in [0.25, 0.3) is 0 Å². The number of hydrogen-bond acceptors (Lipinski definition) is 4. The SMILES string of the molecule is COc1ccc(NS(=O)(=O)C(C)CN)cc1Br. The van der Waals surface area contributed by atoms with E-state index in [4.69, 9.17) is 10.5 Å². The van der Waals surface area contributed by atoms with Crippen molar-refractivity contribution in [2.24, 2.45) is 5.73 Å². The second-order valence-electron chi connectivity index (χ2n) is 3.54. The molecule has 17 heavy (non-hydrogen) atoms. The van der Waals surface area contributed by atoms with E-state index < -0.39 is 15.3 Å². The smallest absolute Gasteiger partial charge is 0.236 e. The highest BCUT2D eigenvalue weighted by Crippen LogP contribution is 2.28. The summed E-state index contributed by atoms with van der Waals surface area (Å²) in [6, 6.07) is 4.94. The van der Waals surface area contributed by atoms with Crippen molar-refractivity contribution in [1.82, 2.24) is 0 Å². The van der Waals surface area contributed by atoms with Gasteiger partial charge in [0.1, 0.15) is 5.75 Å². The van der Waals surface area contributed by atoms with Crippen LogP contribution in [0.3, 0.4) is 0 Å². The maximum absolute atomic E-state index is 11.8. The number of anilines is 1. The van der Waals surface area contributed by atoms with E-state index >= 15 is 0 Å². The maximum atomic E-state index is 11.8. The Morgan fingerprint density at radius 3 is 2.65 bits per heavy atom. The van der Waals surface area contributed by atoms with Crippen LogP contribution in [0.25, 0.3) is 0 Å². The molecule has 0 saturated heterocycles. The van der Waals surface area contributed by atoms with E-state index in [1.165, 1.54) is 0 Å². The van der Waals surface area contributed by atoms with Gasteiger partial charge in [-0.15, -0.1) is 0 Å². The van der Waals surface area contributed by atoms with Crippen LogP contribution in [0.1, 0.15) is 6.92 Å². The number of nitrogens with two attached hydrogens (primary N) is 1. The summed E-state index contributed by atoms with van der Waals surface area (Å²) in [4.78, 5) is 0. The summed E-state index contributed by atoms with van der Waals surface area (Å²) >= 11 is 3.28. The molecule has 3 N–H and O–H groups in total. The average molecular weight is 323 g/mol. The number of ether oxygens (including phenoxy) is 1. The van der Waals surface area contributed by atoms with Gasteiger partial charge in [-0.25, -0.2) is 8.42 Å². The van der Waals surface area contributed by atoms with Crippen molar-refractivity contribution in [2.45, 2.75) is 12.2 Å². The lowest BCUT2D eigenvalue weighted by Crippen LogP contribution is -2.31. The normalized spacial score (nSPS) is 13.2. The van der Waals surface area contributed by atoms with Crippen molar-refractivity contribution in [1.29, 1.82) is 0 Å². The van der Waals surface area contributed by atoms with E-state index in [2.05, 4.69) is 20.7 Å². The summed E-state index contributed by atoms with van der Waals surface area (Å²) in [5.74, 6) is 0.639. The van der Waals surface area contributed by atoms with Crippen LogP contribution in [0.4, 0.5) is 5.69 Å². The van der Waals surface area contributed by atoms with Crippen LogP contribution in [0, 0.1) is 0 Å². The molecule has 0 aliphatic carbocycles. The van der Waals surface area contributed by atoms with Crippen LogP contribution in [-0.2, 0) is 10.0 Å². The fraction of sp³-hybridized carbons (Fsp3) is 0.400. The standard InChI is InChI=1S/C10H15BrN2O3S/c1-7(6-12)17(14,15)13-8-3-4-10(16-2)9(11)5-8/h3-5,7,13H,6,12H2,1-2H3. The second kappa shape index (κ2) is 5.70. The first kappa shape index (κ1) is 14.3. The third-order valence-electron chi connectivity index (χ3n) is 2.27. The number of benzene rings is 1. The monoisotopic (exact) mass is 322 g/mol. The van der Waals surface area contributed by atoms with Crippen molar-refractivity contribution in [3.63, 3.8) is 0 Å². The zero-order chi connectivity index (χ0) is 13.1. The minimum Gasteiger partial charge on any atom is -0.496 e. The third kappa shape index (κ3) is 3.58. The Morgan fingerprint density at radius 2 is 2.18 bits per heavy atom. The Morgan fingerprint density at radius 1 is 1.53 bits per heavy atom. The van der Waals surface area contributed by atoms with Crippen molar-refractivity contribution >= 4 is 31.6 Å². The molecule has 1 atom stereocenters. The van der Waals surface area contributed by atoms with Gasteiger partial charge in [-0.2, -0.15) is 0 Å². The molecule has 0 aliphatic rings. The molecule has 0 fully saturated rings. The Kier molecular flexibility index (Phi) is 4.79. The Labute approximate surface area is 110 Å². The molecular formula is C10H15BrN2O3S. The molecule has 0 aliphatic heterocycles. The summed E-state index contributed by atoms with van der Waals surface area (Å²) in [6.07, 6.45) is 0. The van der Waals surface area contributed by atoms with E-state index in [-0.39, 0.29) is 6.54 Å². The molecule has 7 heteroatoms. The van der Waals surface area contributed by atoms with Gasteiger partial charge in [-0.3, -0.25) is 4.72 Å². The van der Waals surface area contributed by atoms with Crippen LogP contribution >= 0.6 is 15.9 Å². The Hall–Kier alpha value is -0.790. The quantitative estimate of drug-likeness (QED) is 0.861. The van der Waals surface area contributed by atoms with E-state index in [1.54, 1.807) is 32.2 Å². The molecule has 0 saturated carbocycles. The molecule has 0 heterocycles. The first-order valence-electron chi connectivity index (χ1n) is 4.96.